The van der Waals surface area contributed by atoms with E-state index in [0.29, 0.717) is 22.0 Å². The minimum atomic E-state index is -1.46. The van der Waals surface area contributed by atoms with Crippen molar-refractivity contribution < 1.29 is 14.6 Å². The van der Waals surface area contributed by atoms with Crippen molar-refractivity contribution in [2.45, 2.75) is 5.60 Å². The fourth-order valence-electron chi connectivity index (χ4n) is 2.77. The lowest BCUT2D eigenvalue weighted by Crippen LogP contribution is -2.31. The van der Waals surface area contributed by atoms with E-state index in [2.05, 4.69) is 6.58 Å². The quantitative estimate of drug-likeness (QED) is 0.880. The molecular formula is C18H16ClNO3. The number of amides is 1. The molecule has 0 aromatic heterocycles. The third-order valence-corrected chi connectivity index (χ3v) is 4.34. The van der Waals surface area contributed by atoms with Crippen molar-refractivity contribution in [2.75, 3.05) is 18.6 Å². The Kier molecular flexibility index (Phi) is 3.88. The smallest absolute Gasteiger partial charge is 0.257 e. The van der Waals surface area contributed by atoms with Crippen molar-refractivity contribution >= 4 is 23.2 Å². The number of halogens is 1. The minimum Gasteiger partial charge on any atom is -0.495 e. The molecule has 0 bridgehead atoms. The Labute approximate surface area is 139 Å². The van der Waals surface area contributed by atoms with Gasteiger partial charge in [0, 0.05) is 10.6 Å². The van der Waals surface area contributed by atoms with Crippen LogP contribution in [0.25, 0.3) is 0 Å². The highest BCUT2D eigenvalue weighted by Gasteiger charge is 2.47. The van der Waals surface area contributed by atoms with Crippen LogP contribution in [0.3, 0.4) is 0 Å². The number of benzene rings is 2. The lowest BCUT2D eigenvalue weighted by atomic mass is 9.89. The van der Waals surface area contributed by atoms with E-state index >= 15 is 0 Å². The molecule has 2 aromatic carbocycles. The van der Waals surface area contributed by atoms with Crippen LogP contribution >= 0.6 is 11.6 Å². The molecule has 4 nitrogen and oxygen atoms in total. The summed E-state index contributed by atoms with van der Waals surface area (Å²) >= 11 is 5.90. The number of aliphatic hydroxyl groups is 1. The largest absolute Gasteiger partial charge is 0.495 e. The van der Waals surface area contributed by atoms with E-state index in [1.807, 2.05) is 12.1 Å². The van der Waals surface area contributed by atoms with E-state index in [-0.39, 0.29) is 18.0 Å². The molecule has 1 aliphatic rings. The first-order chi connectivity index (χ1) is 11.0. The molecule has 2 aromatic rings. The Bertz CT molecular complexity index is 772. The third kappa shape index (κ3) is 2.50. The Morgan fingerprint density at radius 2 is 1.87 bits per heavy atom. The predicted octanol–water partition coefficient (Wildman–Crippen LogP) is 3.14. The van der Waals surface area contributed by atoms with E-state index in [4.69, 9.17) is 16.3 Å². The highest BCUT2D eigenvalue weighted by molar-refractivity contribution is 6.30. The highest BCUT2D eigenvalue weighted by Crippen LogP contribution is 2.41. The van der Waals surface area contributed by atoms with Gasteiger partial charge in [-0.15, -0.1) is 0 Å². The van der Waals surface area contributed by atoms with E-state index in [9.17, 15) is 9.90 Å². The monoisotopic (exact) mass is 329 g/mol. The second-order valence-corrected chi connectivity index (χ2v) is 5.85. The molecule has 1 unspecified atom stereocenters. The first-order valence-corrected chi connectivity index (χ1v) is 7.48. The first-order valence-electron chi connectivity index (χ1n) is 7.10. The molecule has 1 N–H and O–H groups in total. The average Bonchev–Trinajstić information content (AvgIpc) is 2.80. The van der Waals surface area contributed by atoms with E-state index in [0.717, 1.165) is 0 Å². The number of ether oxygens (including phenoxy) is 1. The first kappa shape index (κ1) is 15.6. The number of carbonyl (C=O) groups excluding carboxylic acids is 1. The zero-order valence-corrected chi connectivity index (χ0v) is 13.4. The summed E-state index contributed by atoms with van der Waals surface area (Å²) < 4.78 is 5.31. The number of nitrogens with zero attached hydrogens (tertiary/aromatic N) is 1. The van der Waals surface area contributed by atoms with Gasteiger partial charge < -0.3 is 14.7 Å². The SMILES string of the molecule is C=C1C(=O)N(c2ccccc2OC)CC1(O)c1ccc(Cl)cc1. The van der Waals surface area contributed by atoms with Crippen LogP contribution in [0.1, 0.15) is 5.56 Å². The molecule has 0 aliphatic carbocycles. The molecule has 0 radical (unpaired) electrons. The minimum absolute atomic E-state index is 0.0761. The predicted molar refractivity (Wildman–Crippen MR) is 89.8 cm³/mol. The molecule has 3 rings (SSSR count). The highest BCUT2D eigenvalue weighted by atomic mass is 35.5. The second-order valence-electron chi connectivity index (χ2n) is 5.41. The van der Waals surface area contributed by atoms with Gasteiger partial charge in [-0.25, -0.2) is 0 Å². The Hall–Kier alpha value is -2.30. The zero-order valence-electron chi connectivity index (χ0n) is 12.6. The Morgan fingerprint density at radius 1 is 1.22 bits per heavy atom. The van der Waals surface area contributed by atoms with Crippen LogP contribution in [0, 0.1) is 0 Å². The molecule has 118 valence electrons. The van der Waals surface area contributed by atoms with Crippen LogP contribution in [0.2, 0.25) is 5.02 Å². The number of hydrogen-bond donors (Lipinski definition) is 1. The van der Waals surface area contributed by atoms with Gasteiger partial charge >= 0.3 is 0 Å². The number of rotatable bonds is 3. The van der Waals surface area contributed by atoms with E-state index < -0.39 is 5.60 Å². The van der Waals surface area contributed by atoms with Gasteiger partial charge in [0.05, 0.1) is 19.3 Å². The molecule has 1 saturated heterocycles. The van der Waals surface area contributed by atoms with Crippen molar-refractivity contribution in [3.05, 3.63) is 71.3 Å². The Morgan fingerprint density at radius 3 is 2.52 bits per heavy atom. The zero-order chi connectivity index (χ0) is 16.6. The summed E-state index contributed by atoms with van der Waals surface area (Å²) in [4.78, 5) is 14.1. The van der Waals surface area contributed by atoms with Crippen molar-refractivity contribution in [3.63, 3.8) is 0 Å². The lowest BCUT2D eigenvalue weighted by molar-refractivity contribution is -0.114. The van der Waals surface area contributed by atoms with Crippen molar-refractivity contribution in [3.8, 4) is 5.75 Å². The van der Waals surface area contributed by atoms with Gasteiger partial charge in [-0.3, -0.25) is 4.79 Å². The molecule has 1 heterocycles. The van der Waals surface area contributed by atoms with Crippen LogP contribution in [0.15, 0.2) is 60.7 Å². The number of anilines is 1. The van der Waals surface area contributed by atoms with Gasteiger partial charge in [0.15, 0.2) is 0 Å². The summed E-state index contributed by atoms with van der Waals surface area (Å²) in [6.07, 6.45) is 0. The summed E-state index contributed by atoms with van der Waals surface area (Å²) in [6, 6.07) is 13.9. The molecule has 1 aliphatic heterocycles. The molecule has 23 heavy (non-hydrogen) atoms. The topological polar surface area (TPSA) is 49.8 Å². The van der Waals surface area contributed by atoms with Gasteiger partial charge in [0.1, 0.15) is 11.4 Å². The van der Waals surface area contributed by atoms with Gasteiger partial charge in [0.2, 0.25) is 0 Å². The molecule has 5 heteroatoms. The molecule has 1 fully saturated rings. The van der Waals surface area contributed by atoms with Crippen LogP contribution in [0.4, 0.5) is 5.69 Å². The van der Waals surface area contributed by atoms with Crippen molar-refractivity contribution in [2.24, 2.45) is 0 Å². The molecule has 1 atom stereocenters. The van der Waals surface area contributed by atoms with E-state index in [1.54, 1.807) is 43.5 Å². The van der Waals surface area contributed by atoms with Gasteiger partial charge in [0.25, 0.3) is 5.91 Å². The number of para-hydroxylation sites is 2. The maximum atomic E-state index is 12.6. The lowest BCUT2D eigenvalue weighted by Gasteiger charge is -2.24. The molecule has 1 amide bonds. The van der Waals surface area contributed by atoms with Crippen LogP contribution < -0.4 is 9.64 Å². The maximum Gasteiger partial charge on any atom is 0.257 e. The van der Waals surface area contributed by atoms with Crippen LogP contribution in [0.5, 0.6) is 5.75 Å². The number of methoxy groups -OCH3 is 1. The van der Waals surface area contributed by atoms with Gasteiger partial charge in [-0.1, -0.05) is 42.4 Å². The van der Waals surface area contributed by atoms with Crippen LogP contribution in [-0.2, 0) is 10.4 Å². The Balaban J connectivity index is 2.03. The molecule has 0 saturated carbocycles. The van der Waals surface area contributed by atoms with Gasteiger partial charge in [-0.05, 0) is 29.8 Å². The summed E-state index contributed by atoms with van der Waals surface area (Å²) in [6.45, 7) is 3.88. The van der Waals surface area contributed by atoms with Crippen molar-refractivity contribution in [1.82, 2.24) is 0 Å². The number of carbonyl (C=O) groups is 1. The summed E-state index contributed by atoms with van der Waals surface area (Å²) in [7, 11) is 1.54. The maximum absolute atomic E-state index is 12.6. The standard InChI is InChI=1S/C18H16ClNO3/c1-12-17(21)20(15-5-3-4-6-16(15)23-2)11-18(12,22)13-7-9-14(19)10-8-13/h3-10,22H,1,11H2,2H3. The normalized spacial score (nSPS) is 20.9. The fraction of sp³-hybridized carbons (Fsp3) is 0.167. The van der Waals surface area contributed by atoms with Gasteiger partial charge in [-0.2, -0.15) is 0 Å². The number of β-amino-alcohol motifs (C(OH)–C–C–N with tert-alkyl or cyclic N) is 1. The molecular weight excluding hydrogens is 314 g/mol. The molecule has 0 spiro atoms. The van der Waals surface area contributed by atoms with Crippen LogP contribution in [-0.4, -0.2) is 24.7 Å². The second kappa shape index (κ2) is 5.72. The van der Waals surface area contributed by atoms with E-state index in [1.165, 1.54) is 4.90 Å². The average molecular weight is 330 g/mol. The summed E-state index contributed by atoms with van der Waals surface area (Å²) in [5, 5.41) is 11.6. The fourth-order valence-corrected chi connectivity index (χ4v) is 2.90. The number of hydrogen-bond acceptors (Lipinski definition) is 3. The third-order valence-electron chi connectivity index (χ3n) is 4.09. The summed E-state index contributed by atoms with van der Waals surface area (Å²) in [5.74, 6) is 0.237. The van der Waals surface area contributed by atoms with Crippen molar-refractivity contribution in [1.29, 1.82) is 0 Å². The summed E-state index contributed by atoms with van der Waals surface area (Å²) in [5.41, 5.74) is -0.142.